The van der Waals surface area contributed by atoms with Crippen LogP contribution in [0.15, 0.2) is 36.7 Å². The van der Waals surface area contributed by atoms with Crippen LogP contribution < -0.4 is 10.6 Å². The van der Waals surface area contributed by atoms with Crippen LogP contribution in [0, 0.1) is 17.0 Å². The molecule has 0 amide bonds. The smallest absolute Gasteiger partial charge is 0.150 e. The molecular formula is C15H16F2N4. The maximum atomic E-state index is 14.0. The molecule has 0 saturated heterocycles. The summed E-state index contributed by atoms with van der Waals surface area (Å²) in [6.45, 7) is 0.456. The Morgan fingerprint density at radius 1 is 1.24 bits per heavy atom. The Morgan fingerprint density at radius 2 is 1.81 bits per heavy atom. The number of rotatable bonds is 5. The zero-order valence-corrected chi connectivity index (χ0v) is 11.6. The van der Waals surface area contributed by atoms with Crippen LogP contribution in [0.25, 0.3) is 0 Å². The Balaban J connectivity index is 2.16. The molecule has 21 heavy (non-hydrogen) atoms. The Kier molecular flexibility index (Phi) is 4.47. The lowest BCUT2D eigenvalue weighted by molar-refractivity contribution is 0.576. The summed E-state index contributed by atoms with van der Waals surface area (Å²) in [6, 6.07) is 5.87. The second-order valence-electron chi connectivity index (χ2n) is 4.73. The van der Waals surface area contributed by atoms with Crippen LogP contribution in [0.5, 0.6) is 0 Å². The third-order valence-corrected chi connectivity index (χ3v) is 3.19. The summed E-state index contributed by atoms with van der Waals surface area (Å²) in [5.74, 6) is -1.81. The Morgan fingerprint density at radius 3 is 2.33 bits per heavy atom. The van der Waals surface area contributed by atoms with E-state index >= 15 is 0 Å². The highest BCUT2D eigenvalue weighted by atomic mass is 19.1. The van der Waals surface area contributed by atoms with E-state index in [4.69, 9.17) is 11.1 Å². The van der Waals surface area contributed by atoms with Crippen LogP contribution in [0.3, 0.4) is 0 Å². The number of pyridine rings is 1. The number of nitrogens with zero attached hydrogens (tertiary/aromatic N) is 2. The van der Waals surface area contributed by atoms with Crippen molar-refractivity contribution >= 4 is 11.5 Å². The van der Waals surface area contributed by atoms with E-state index in [-0.39, 0.29) is 17.1 Å². The molecule has 4 nitrogen and oxygen atoms in total. The van der Waals surface area contributed by atoms with Crippen molar-refractivity contribution in [3.05, 3.63) is 59.4 Å². The van der Waals surface area contributed by atoms with Gasteiger partial charge in [-0.15, -0.1) is 0 Å². The number of anilines is 1. The van der Waals surface area contributed by atoms with Crippen molar-refractivity contribution in [3.8, 4) is 0 Å². The molecule has 110 valence electrons. The quantitative estimate of drug-likeness (QED) is 0.656. The van der Waals surface area contributed by atoms with Crippen LogP contribution in [0.4, 0.5) is 14.5 Å². The van der Waals surface area contributed by atoms with Gasteiger partial charge in [-0.2, -0.15) is 0 Å². The standard InChI is InChI=1S/C15H16F2N4/c1-21(7-4-10-2-5-20-6-3-10)14-12(16)8-11(15(18)19)9-13(14)17/h2-3,5-6,8-9H,4,7H2,1H3,(H3,18,19). The van der Waals surface area contributed by atoms with Gasteiger partial charge in [-0.25, -0.2) is 8.78 Å². The third-order valence-electron chi connectivity index (χ3n) is 3.19. The SMILES string of the molecule is CN(CCc1ccncc1)c1c(F)cc(C(=N)N)cc1F. The summed E-state index contributed by atoms with van der Waals surface area (Å²) in [5, 5.41) is 7.22. The van der Waals surface area contributed by atoms with Gasteiger partial charge in [-0.1, -0.05) is 0 Å². The topological polar surface area (TPSA) is 66.0 Å². The predicted molar refractivity (Wildman–Crippen MR) is 78.6 cm³/mol. The summed E-state index contributed by atoms with van der Waals surface area (Å²) in [7, 11) is 1.62. The van der Waals surface area contributed by atoms with E-state index in [0.29, 0.717) is 13.0 Å². The highest BCUT2D eigenvalue weighted by Crippen LogP contribution is 2.24. The minimum atomic E-state index is -0.725. The number of nitrogen functional groups attached to an aromatic ring is 1. The van der Waals surface area contributed by atoms with E-state index in [1.807, 2.05) is 12.1 Å². The van der Waals surface area contributed by atoms with Gasteiger partial charge in [-0.05, 0) is 36.2 Å². The van der Waals surface area contributed by atoms with Crippen molar-refractivity contribution in [3.63, 3.8) is 0 Å². The summed E-state index contributed by atoms with van der Waals surface area (Å²) in [6.07, 6.45) is 4.00. The molecular weight excluding hydrogens is 274 g/mol. The molecule has 0 radical (unpaired) electrons. The number of halogens is 2. The number of hydrogen-bond acceptors (Lipinski definition) is 3. The number of nitrogens with two attached hydrogens (primary N) is 1. The second-order valence-corrected chi connectivity index (χ2v) is 4.73. The molecule has 0 unspecified atom stereocenters. The van der Waals surface area contributed by atoms with Gasteiger partial charge in [0.05, 0.1) is 0 Å². The van der Waals surface area contributed by atoms with E-state index < -0.39 is 11.6 Å². The van der Waals surface area contributed by atoms with Crippen molar-refractivity contribution in [2.75, 3.05) is 18.5 Å². The largest absolute Gasteiger partial charge is 0.384 e. The Bertz CT molecular complexity index is 620. The molecule has 0 bridgehead atoms. The number of nitrogens with one attached hydrogen (secondary N) is 1. The van der Waals surface area contributed by atoms with Crippen molar-refractivity contribution in [1.82, 2.24) is 4.98 Å². The summed E-state index contributed by atoms with van der Waals surface area (Å²) in [5.41, 5.74) is 6.20. The Hall–Kier alpha value is -2.50. The number of hydrogen-bond donors (Lipinski definition) is 2. The first-order valence-electron chi connectivity index (χ1n) is 6.42. The molecule has 1 aromatic heterocycles. The van der Waals surface area contributed by atoms with Crippen molar-refractivity contribution in [1.29, 1.82) is 5.41 Å². The molecule has 0 fully saturated rings. The molecule has 1 heterocycles. The Labute approximate surface area is 121 Å². The van der Waals surface area contributed by atoms with Crippen LogP contribution in [0.1, 0.15) is 11.1 Å². The average molecular weight is 290 g/mol. The number of amidine groups is 1. The van der Waals surface area contributed by atoms with Crippen molar-refractivity contribution < 1.29 is 8.78 Å². The monoisotopic (exact) mass is 290 g/mol. The van der Waals surface area contributed by atoms with Gasteiger partial charge in [0.25, 0.3) is 0 Å². The highest BCUT2D eigenvalue weighted by Gasteiger charge is 2.16. The molecule has 3 N–H and O–H groups in total. The van der Waals surface area contributed by atoms with E-state index in [9.17, 15) is 8.78 Å². The molecule has 0 atom stereocenters. The van der Waals surface area contributed by atoms with Gasteiger partial charge in [0, 0.05) is 31.5 Å². The first kappa shape index (κ1) is 14.9. The lowest BCUT2D eigenvalue weighted by Gasteiger charge is -2.21. The average Bonchev–Trinajstić information content (AvgIpc) is 2.45. The first-order valence-corrected chi connectivity index (χ1v) is 6.42. The van der Waals surface area contributed by atoms with Gasteiger partial charge in [0.1, 0.15) is 23.2 Å². The number of likely N-dealkylation sites (N-methyl/N-ethyl adjacent to an activating group) is 1. The summed E-state index contributed by atoms with van der Waals surface area (Å²) in [4.78, 5) is 5.43. The molecule has 0 aliphatic rings. The molecule has 0 saturated carbocycles. The first-order chi connectivity index (χ1) is 9.99. The minimum absolute atomic E-state index is 0.0382. The van der Waals surface area contributed by atoms with E-state index in [1.165, 1.54) is 4.90 Å². The fraction of sp³-hybridized carbons (Fsp3) is 0.200. The van der Waals surface area contributed by atoms with Gasteiger partial charge >= 0.3 is 0 Å². The maximum absolute atomic E-state index is 14.0. The van der Waals surface area contributed by atoms with Crippen LogP contribution in [0.2, 0.25) is 0 Å². The zero-order chi connectivity index (χ0) is 15.4. The van der Waals surface area contributed by atoms with Crippen LogP contribution >= 0.6 is 0 Å². The molecule has 1 aromatic carbocycles. The van der Waals surface area contributed by atoms with Gasteiger partial charge in [0.15, 0.2) is 0 Å². The molecule has 6 heteroatoms. The summed E-state index contributed by atoms with van der Waals surface area (Å²) >= 11 is 0. The van der Waals surface area contributed by atoms with Gasteiger partial charge < -0.3 is 10.6 Å². The van der Waals surface area contributed by atoms with E-state index in [0.717, 1.165) is 17.7 Å². The predicted octanol–water partition coefficient (Wildman–Crippen LogP) is 2.32. The fourth-order valence-corrected chi connectivity index (χ4v) is 2.04. The van der Waals surface area contributed by atoms with E-state index in [1.54, 1.807) is 19.4 Å². The number of benzene rings is 1. The fourth-order valence-electron chi connectivity index (χ4n) is 2.04. The lowest BCUT2D eigenvalue weighted by Crippen LogP contribution is -2.23. The zero-order valence-electron chi connectivity index (χ0n) is 11.6. The van der Waals surface area contributed by atoms with Crippen molar-refractivity contribution in [2.45, 2.75) is 6.42 Å². The third kappa shape index (κ3) is 3.53. The van der Waals surface area contributed by atoms with Gasteiger partial charge in [0.2, 0.25) is 0 Å². The van der Waals surface area contributed by atoms with Crippen molar-refractivity contribution in [2.24, 2.45) is 5.73 Å². The van der Waals surface area contributed by atoms with E-state index in [2.05, 4.69) is 4.98 Å². The van der Waals surface area contributed by atoms with Gasteiger partial charge in [-0.3, -0.25) is 10.4 Å². The second kappa shape index (κ2) is 6.30. The molecule has 0 aliphatic carbocycles. The van der Waals surface area contributed by atoms with Crippen LogP contribution in [-0.4, -0.2) is 24.4 Å². The minimum Gasteiger partial charge on any atom is -0.384 e. The molecule has 2 aromatic rings. The number of aromatic nitrogens is 1. The highest BCUT2D eigenvalue weighted by molar-refractivity contribution is 5.95. The summed E-state index contributed by atoms with van der Waals surface area (Å²) < 4.78 is 28.0. The normalized spacial score (nSPS) is 10.4. The molecule has 0 spiro atoms. The molecule has 0 aliphatic heterocycles. The van der Waals surface area contributed by atoms with Crippen LogP contribution in [-0.2, 0) is 6.42 Å². The maximum Gasteiger partial charge on any atom is 0.150 e. The lowest BCUT2D eigenvalue weighted by atomic mass is 10.1. The molecule has 2 rings (SSSR count).